The lowest BCUT2D eigenvalue weighted by molar-refractivity contribution is -0.153. The van der Waals surface area contributed by atoms with E-state index >= 15 is 0 Å². The van der Waals surface area contributed by atoms with Crippen LogP contribution >= 0.6 is 0 Å². The average Bonchev–Trinajstić information content (AvgIpc) is 2.78. The fourth-order valence-electron chi connectivity index (χ4n) is 5.77. The number of fused-ring (bicyclic) bond motifs is 3. The van der Waals surface area contributed by atoms with Crippen molar-refractivity contribution in [3.05, 3.63) is 39.7 Å². The van der Waals surface area contributed by atoms with E-state index in [0.29, 0.717) is 11.1 Å². The van der Waals surface area contributed by atoms with Crippen molar-refractivity contribution in [1.29, 1.82) is 0 Å². The maximum absolute atomic E-state index is 13.9. The van der Waals surface area contributed by atoms with Gasteiger partial charge in [0, 0.05) is 22.6 Å². The molecule has 0 radical (unpaired) electrons. The van der Waals surface area contributed by atoms with Gasteiger partial charge in [0.25, 0.3) is 5.91 Å². The molecule has 0 bridgehead atoms. The van der Waals surface area contributed by atoms with E-state index in [2.05, 4.69) is 10.5 Å². The lowest BCUT2D eigenvalue weighted by Gasteiger charge is -2.50. The van der Waals surface area contributed by atoms with Crippen LogP contribution < -0.4 is 16.9 Å². The van der Waals surface area contributed by atoms with Gasteiger partial charge in [-0.25, -0.2) is 0 Å². The molecule has 9 N–H and O–H groups in total. The van der Waals surface area contributed by atoms with Crippen LogP contribution in [0.3, 0.4) is 0 Å². The molecule has 3 aliphatic carbocycles. The summed E-state index contributed by atoms with van der Waals surface area (Å²) in [5.41, 5.74) is 11.0. The summed E-state index contributed by atoms with van der Waals surface area (Å²) < 4.78 is 0. The van der Waals surface area contributed by atoms with Crippen LogP contribution in [-0.4, -0.2) is 80.3 Å². The molecule has 1 amide bonds. The van der Waals surface area contributed by atoms with Crippen molar-refractivity contribution in [3.63, 3.8) is 0 Å². The number of amides is 1. The number of hydrazone groups is 1. The number of hydrogen-bond acceptors (Lipinski definition) is 11. The minimum Gasteiger partial charge on any atom is -0.508 e. The van der Waals surface area contributed by atoms with Crippen molar-refractivity contribution >= 4 is 35.1 Å². The van der Waals surface area contributed by atoms with E-state index in [1.807, 2.05) is 20.8 Å². The zero-order valence-corrected chi connectivity index (χ0v) is 21.9. The third-order valence-electron chi connectivity index (χ3n) is 7.39. The van der Waals surface area contributed by atoms with Crippen LogP contribution in [0.5, 0.6) is 5.75 Å². The number of carbonyl (C=O) groups is 3. The molecular weight excluding hydrogens is 494 g/mol. The van der Waals surface area contributed by atoms with E-state index in [1.165, 1.54) is 17.2 Å². The number of benzene rings is 1. The zero-order valence-electron chi connectivity index (χ0n) is 21.9. The Labute approximate surface area is 219 Å². The summed E-state index contributed by atoms with van der Waals surface area (Å²) in [6.45, 7) is 5.75. The number of aromatic hydroxyl groups is 1. The molecule has 1 aromatic rings. The van der Waals surface area contributed by atoms with Gasteiger partial charge in [0.15, 0.2) is 11.4 Å². The van der Waals surface area contributed by atoms with Gasteiger partial charge < -0.3 is 37.3 Å². The predicted octanol–water partition coefficient (Wildman–Crippen LogP) is 0.268. The van der Waals surface area contributed by atoms with Crippen molar-refractivity contribution in [2.24, 2.45) is 22.7 Å². The molecule has 4 atom stereocenters. The Kier molecular flexibility index (Phi) is 6.32. The highest BCUT2D eigenvalue weighted by molar-refractivity contribution is 6.24. The molecule has 0 spiro atoms. The monoisotopic (exact) mass is 527 g/mol. The fourth-order valence-corrected chi connectivity index (χ4v) is 5.77. The molecule has 3 aliphatic rings. The maximum Gasteiger partial charge on any atom is 0.255 e. The number of carbonyl (C=O) groups excluding carboxylic acids is 3. The van der Waals surface area contributed by atoms with Crippen LogP contribution in [0.25, 0.3) is 5.76 Å². The highest BCUT2D eigenvalue weighted by Crippen LogP contribution is 2.53. The number of Topliss-reactive ketones (excluding diaryl/α,β-unsaturated/α-hetero) is 2. The number of aliphatic hydroxyl groups is 3. The number of likely N-dealkylation sites (N-methyl/N-ethyl adjacent to an activating group) is 1. The van der Waals surface area contributed by atoms with Gasteiger partial charge in [0.05, 0.1) is 23.5 Å². The Morgan fingerprint density at radius 3 is 2.42 bits per heavy atom. The zero-order chi connectivity index (χ0) is 28.5. The number of rotatable bonds is 4. The van der Waals surface area contributed by atoms with Crippen molar-refractivity contribution in [2.45, 2.75) is 50.8 Å². The van der Waals surface area contributed by atoms with E-state index < -0.39 is 63.8 Å². The van der Waals surface area contributed by atoms with Gasteiger partial charge in [0.2, 0.25) is 5.78 Å². The number of phenolic OH excluding ortho intramolecular Hbond substituents is 1. The van der Waals surface area contributed by atoms with Crippen molar-refractivity contribution in [2.75, 3.05) is 19.8 Å². The van der Waals surface area contributed by atoms with Gasteiger partial charge in [-0.15, -0.1) is 0 Å². The number of aliphatic hydroxyl groups excluding tert-OH is 2. The maximum atomic E-state index is 13.9. The summed E-state index contributed by atoms with van der Waals surface area (Å²) in [7, 11) is 3.09. The van der Waals surface area contributed by atoms with E-state index in [0.717, 1.165) is 0 Å². The van der Waals surface area contributed by atoms with E-state index in [4.69, 9.17) is 11.5 Å². The summed E-state index contributed by atoms with van der Waals surface area (Å²) in [6, 6.07) is 0.353. The Morgan fingerprint density at radius 2 is 1.87 bits per heavy atom. The molecule has 12 heteroatoms. The Bertz CT molecular complexity index is 1350. The molecule has 0 aliphatic heterocycles. The van der Waals surface area contributed by atoms with Crippen LogP contribution in [0.1, 0.15) is 43.9 Å². The topological polar surface area (TPSA) is 212 Å². The Morgan fingerprint density at radius 1 is 1.24 bits per heavy atom. The van der Waals surface area contributed by atoms with Gasteiger partial charge >= 0.3 is 0 Å². The minimum atomic E-state index is -2.69. The van der Waals surface area contributed by atoms with Crippen LogP contribution in [0.2, 0.25) is 0 Å². The van der Waals surface area contributed by atoms with E-state index in [-0.39, 0.29) is 35.2 Å². The van der Waals surface area contributed by atoms with Gasteiger partial charge in [-0.3, -0.25) is 19.3 Å². The van der Waals surface area contributed by atoms with Gasteiger partial charge in [-0.1, -0.05) is 0 Å². The fraction of sp³-hybridized carbons (Fsp3) is 0.462. The predicted molar refractivity (Wildman–Crippen MR) is 139 cm³/mol. The number of ketones is 2. The average molecular weight is 528 g/mol. The summed E-state index contributed by atoms with van der Waals surface area (Å²) in [4.78, 5) is 40.5. The van der Waals surface area contributed by atoms with E-state index in [1.54, 1.807) is 14.1 Å². The number of primary amides is 1. The van der Waals surface area contributed by atoms with Crippen molar-refractivity contribution in [1.82, 2.24) is 10.3 Å². The smallest absolute Gasteiger partial charge is 0.255 e. The molecule has 204 valence electrons. The molecule has 0 aromatic heterocycles. The second kappa shape index (κ2) is 8.84. The molecule has 1 fully saturated rings. The quantitative estimate of drug-likeness (QED) is 0.0933. The largest absolute Gasteiger partial charge is 0.508 e. The first-order chi connectivity index (χ1) is 17.5. The summed E-state index contributed by atoms with van der Waals surface area (Å²) in [5.74, 6) is -7.20. The SMILES string of the molecule is CN(C)[C@@H]1C(=O)C(C(N)=O)=C(O)[C@@]2(O)C(=O)C3=C(O)c4c(O)c(N)cc(/C=N/NC(C)(C)C)c4C[C@H]3C[C@@H]12. The molecule has 0 unspecified atom stereocenters. The number of nitrogens with one attached hydrogen (secondary N) is 1. The summed E-state index contributed by atoms with van der Waals surface area (Å²) >= 11 is 0. The number of nitrogen functional groups attached to an aromatic ring is 1. The number of hydrogen-bond donors (Lipinski definition) is 7. The third-order valence-corrected chi connectivity index (χ3v) is 7.39. The highest BCUT2D eigenvalue weighted by atomic mass is 16.3. The number of nitrogens with zero attached hydrogens (tertiary/aromatic N) is 2. The van der Waals surface area contributed by atoms with Crippen LogP contribution in [0.4, 0.5) is 5.69 Å². The molecule has 4 rings (SSSR count). The number of nitrogens with two attached hydrogens (primary N) is 2. The first-order valence-corrected chi connectivity index (χ1v) is 12.1. The van der Waals surface area contributed by atoms with Gasteiger partial charge in [0.1, 0.15) is 22.8 Å². The molecule has 1 saturated carbocycles. The van der Waals surface area contributed by atoms with Gasteiger partial charge in [-0.2, -0.15) is 5.10 Å². The van der Waals surface area contributed by atoms with Crippen molar-refractivity contribution in [3.8, 4) is 5.75 Å². The van der Waals surface area contributed by atoms with Crippen molar-refractivity contribution < 1.29 is 34.8 Å². The van der Waals surface area contributed by atoms with Crippen LogP contribution in [0, 0.1) is 11.8 Å². The molecule has 0 saturated heterocycles. The summed E-state index contributed by atoms with van der Waals surface area (Å²) in [5, 5.41) is 48.8. The lowest BCUT2D eigenvalue weighted by Crippen LogP contribution is -2.65. The third kappa shape index (κ3) is 3.91. The molecule has 12 nitrogen and oxygen atoms in total. The van der Waals surface area contributed by atoms with Crippen LogP contribution in [0.15, 0.2) is 28.1 Å². The second-order valence-electron chi connectivity index (χ2n) is 11.3. The molecular formula is C26H33N5O7. The first-order valence-electron chi connectivity index (χ1n) is 12.1. The van der Waals surface area contributed by atoms with E-state index in [9.17, 15) is 34.8 Å². The molecule has 1 aromatic carbocycles. The number of anilines is 1. The summed E-state index contributed by atoms with van der Waals surface area (Å²) in [6.07, 6.45) is 1.63. The van der Waals surface area contributed by atoms with Crippen LogP contribution in [-0.2, 0) is 20.8 Å². The Hall–Kier alpha value is -3.90. The highest BCUT2D eigenvalue weighted by Gasteiger charge is 2.64. The normalized spacial score (nSPS) is 27.5. The standard InChI is InChI=1S/C26H33N5O7/c1-25(2,3)30-29-9-11-8-14(27)19(32)16-12(11)6-10-7-13-18(31(4)5)21(34)17(24(28)37)23(36)26(13,38)22(35)15(10)20(16)33/h8-10,13,18,30,32-33,36,38H,6-7,27H2,1-5H3,(H2,28,37)/b29-9+/t10-,13-,18-,26-/m0/s1. The first kappa shape index (κ1) is 27.1. The lowest BCUT2D eigenvalue weighted by atomic mass is 9.57. The minimum absolute atomic E-state index is 0.00623. The molecule has 0 heterocycles. The second-order valence-corrected chi connectivity index (χ2v) is 11.3. The molecule has 38 heavy (non-hydrogen) atoms. The number of phenols is 1. The van der Waals surface area contributed by atoms with Gasteiger partial charge in [-0.05, 0) is 65.3 Å². The Balaban J connectivity index is 1.93.